The van der Waals surface area contributed by atoms with Crippen LogP contribution >= 0.6 is 39.9 Å². The largest absolute Gasteiger partial charge is 0.493 e. The van der Waals surface area contributed by atoms with Crippen LogP contribution in [0.25, 0.3) is 6.08 Å². The van der Waals surface area contributed by atoms with E-state index in [4.69, 9.17) is 21.7 Å². The van der Waals surface area contributed by atoms with Gasteiger partial charge in [-0.25, -0.2) is 4.39 Å². The lowest BCUT2D eigenvalue weighted by Gasteiger charge is -2.14. The minimum absolute atomic E-state index is 0.105. The van der Waals surface area contributed by atoms with Gasteiger partial charge in [-0.3, -0.25) is 14.5 Å². The quantitative estimate of drug-likeness (QED) is 0.322. The van der Waals surface area contributed by atoms with Crippen LogP contribution in [0.15, 0.2) is 45.8 Å². The highest BCUT2D eigenvalue weighted by atomic mass is 79.9. The van der Waals surface area contributed by atoms with Crippen molar-refractivity contribution >= 4 is 67.8 Å². The summed E-state index contributed by atoms with van der Waals surface area (Å²) < 4.78 is 25.2. The third-order valence-corrected chi connectivity index (χ3v) is 6.60. The monoisotopic (exact) mass is 552 g/mol. The Morgan fingerprint density at radius 1 is 1.30 bits per heavy atom. The molecule has 1 saturated heterocycles. The Morgan fingerprint density at radius 2 is 2.03 bits per heavy atom. The molecule has 1 heterocycles. The highest BCUT2D eigenvalue weighted by molar-refractivity contribution is 9.10. The fourth-order valence-electron chi connectivity index (χ4n) is 2.99. The first-order valence-electron chi connectivity index (χ1n) is 10.1. The van der Waals surface area contributed by atoms with Crippen LogP contribution in [0, 0.1) is 5.82 Å². The number of rotatable bonds is 9. The molecule has 2 aromatic rings. The molecule has 1 N–H and O–H groups in total. The van der Waals surface area contributed by atoms with Crippen LogP contribution in [0.4, 0.5) is 10.1 Å². The summed E-state index contributed by atoms with van der Waals surface area (Å²) in [5.41, 5.74) is 1.18. The Balaban J connectivity index is 1.71. The van der Waals surface area contributed by atoms with Gasteiger partial charge >= 0.3 is 0 Å². The number of ether oxygens (including phenoxy) is 2. The number of thiocarbonyl (C=S) groups is 1. The van der Waals surface area contributed by atoms with E-state index >= 15 is 0 Å². The summed E-state index contributed by atoms with van der Waals surface area (Å²) >= 11 is 10.1. The highest BCUT2D eigenvalue weighted by Gasteiger charge is 2.31. The Morgan fingerprint density at radius 3 is 2.70 bits per heavy atom. The van der Waals surface area contributed by atoms with Gasteiger partial charge in [-0.05, 0) is 70.4 Å². The smallest absolute Gasteiger partial charge is 0.266 e. The van der Waals surface area contributed by atoms with E-state index in [0.717, 1.165) is 18.4 Å². The number of hydrogen-bond donors (Lipinski definition) is 1. The minimum Gasteiger partial charge on any atom is -0.493 e. The van der Waals surface area contributed by atoms with Gasteiger partial charge in [-0.2, -0.15) is 0 Å². The van der Waals surface area contributed by atoms with E-state index in [-0.39, 0.29) is 18.3 Å². The number of anilines is 1. The normalized spacial score (nSPS) is 14.7. The second-order valence-electron chi connectivity index (χ2n) is 7.06. The number of thioether (sulfide) groups is 1. The SMILES string of the molecule is CCCCN1C(=O)/C(=C/c2cc(Br)c(OCC(=O)Nc3ccc(F)cc3)c(OC)c2)SC1=S. The van der Waals surface area contributed by atoms with Crippen LogP contribution in [-0.2, 0) is 9.59 Å². The molecular formula is C23H22BrFN2O4S2. The topological polar surface area (TPSA) is 67.9 Å². The molecule has 1 fully saturated rings. The standard InChI is InChI=1S/C23H22BrFN2O4S2/c1-3-4-9-27-22(29)19(33-23(27)32)12-14-10-17(24)21(18(11-14)30-2)31-13-20(28)26-16-7-5-15(25)6-8-16/h5-8,10-12H,3-4,9,13H2,1-2H3,(H,26,28)/b19-12-. The molecular weight excluding hydrogens is 531 g/mol. The molecule has 6 nitrogen and oxygen atoms in total. The second kappa shape index (κ2) is 11.6. The highest BCUT2D eigenvalue weighted by Crippen LogP contribution is 2.39. The van der Waals surface area contributed by atoms with E-state index in [1.807, 2.05) is 0 Å². The third kappa shape index (κ3) is 6.55. The van der Waals surface area contributed by atoms with Crippen molar-refractivity contribution in [3.8, 4) is 11.5 Å². The molecule has 0 unspecified atom stereocenters. The zero-order chi connectivity index (χ0) is 24.0. The number of carbonyl (C=O) groups is 2. The van der Waals surface area contributed by atoms with E-state index in [2.05, 4.69) is 28.2 Å². The number of amides is 2. The first-order valence-corrected chi connectivity index (χ1v) is 12.1. The van der Waals surface area contributed by atoms with Crippen molar-refractivity contribution in [3.05, 3.63) is 57.2 Å². The van der Waals surface area contributed by atoms with E-state index in [1.54, 1.807) is 23.1 Å². The van der Waals surface area contributed by atoms with Crippen molar-refractivity contribution in [1.82, 2.24) is 4.90 Å². The second-order valence-corrected chi connectivity index (χ2v) is 9.59. The van der Waals surface area contributed by atoms with E-state index < -0.39 is 5.91 Å². The van der Waals surface area contributed by atoms with Crippen molar-refractivity contribution in [2.75, 3.05) is 25.6 Å². The summed E-state index contributed by atoms with van der Waals surface area (Å²) in [5.74, 6) is -0.158. The van der Waals surface area contributed by atoms with E-state index in [1.165, 1.54) is 43.1 Å². The van der Waals surface area contributed by atoms with Gasteiger partial charge in [0.2, 0.25) is 0 Å². The van der Waals surface area contributed by atoms with Gasteiger partial charge in [0.1, 0.15) is 10.1 Å². The van der Waals surface area contributed by atoms with Crippen LogP contribution in [0.3, 0.4) is 0 Å². The molecule has 0 aromatic heterocycles. The van der Waals surface area contributed by atoms with Crippen LogP contribution in [-0.4, -0.2) is 41.3 Å². The van der Waals surface area contributed by atoms with Crippen LogP contribution in [0.1, 0.15) is 25.3 Å². The third-order valence-electron chi connectivity index (χ3n) is 4.63. The molecule has 0 atom stereocenters. The molecule has 0 spiro atoms. The van der Waals surface area contributed by atoms with E-state index in [9.17, 15) is 14.0 Å². The predicted molar refractivity (Wildman–Crippen MR) is 136 cm³/mol. The number of carbonyl (C=O) groups excluding carboxylic acids is 2. The van der Waals surface area contributed by atoms with Gasteiger partial charge in [0.05, 0.1) is 16.5 Å². The lowest BCUT2D eigenvalue weighted by Crippen LogP contribution is -2.28. The average Bonchev–Trinajstić information content (AvgIpc) is 3.05. The minimum atomic E-state index is -0.407. The fraction of sp³-hybridized carbons (Fsp3) is 0.261. The summed E-state index contributed by atoms with van der Waals surface area (Å²) in [6.07, 6.45) is 3.62. The van der Waals surface area contributed by atoms with Gasteiger partial charge in [0.15, 0.2) is 18.1 Å². The number of halogens is 2. The van der Waals surface area contributed by atoms with Gasteiger partial charge in [0, 0.05) is 12.2 Å². The summed E-state index contributed by atoms with van der Waals surface area (Å²) in [4.78, 5) is 27.1. The molecule has 10 heteroatoms. The molecule has 0 radical (unpaired) electrons. The zero-order valence-corrected chi connectivity index (χ0v) is 21.2. The average molecular weight is 553 g/mol. The predicted octanol–water partition coefficient (Wildman–Crippen LogP) is 5.62. The molecule has 0 aliphatic carbocycles. The summed E-state index contributed by atoms with van der Waals surface area (Å²) in [5, 5.41) is 2.63. The Hall–Kier alpha value is -2.43. The molecule has 1 aliphatic heterocycles. The number of hydrogen-bond acceptors (Lipinski definition) is 6. The molecule has 1 aliphatic rings. The number of benzene rings is 2. The van der Waals surface area contributed by atoms with Crippen molar-refractivity contribution in [2.45, 2.75) is 19.8 Å². The molecule has 2 amide bonds. The molecule has 174 valence electrons. The van der Waals surface area contributed by atoms with E-state index in [0.29, 0.717) is 37.4 Å². The number of unbranched alkanes of at least 4 members (excludes halogenated alkanes) is 1. The lowest BCUT2D eigenvalue weighted by atomic mass is 10.2. The summed E-state index contributed by atoms with van der Waals surface area (Å²) in [6.45, 7) is 2.40. The van der Waals surface area contributed by atoms with Gasteiger partial charge in [-0.1, -0.05) is 37.3 Å². The Bertz CT molecular complexity index is 1090. The van der Waals surface area contributed by atoms with Crippen molar-refractivity contribution in [2.24, 2.45) is 0 Å². The van der Waals surface area contributed by atoms with Crippen molar-refractivity contribution < 1.29 is 23.5 Å². The van der Waals surface area contributed by atoms with Crippen LogP contribution < -0.4 is 14.8 Å². The summed E-state index contributed by atoms with van der Waals surface area (Å²) in [6, 6.07) is 8.93. The van der Waals surface area contributed by atoms with Crippen LogP contribution in [0.2, 0.25) is 0 Å². The zero-order valence-electron chi connectivity index (χ0n) is 18.0. The van der Waals surface area contributed by atoms with Gasteiger partial charge in [0.25, 0.3) is 11.8 Å². The molecule has 3 rings (SSSR count). The van der Waals surface area contributed by atoms with Gasteiger partial charge in [-0.15, -0.1) is 0 Å². The number of methoxy groups -OCH3 is 1. The molecule has 2 aromatic carbocycles. The fourth-order valence-corrected chi connectivity index (χ4v) is 4.87. The van der Waals surface area contributed by atoms with Crippen molar-refractivity contribution in [1.29, 1.82) is 0 Å². The first kappa shape index (κ1) is 25.2. The molecule has 33 heavy (non-hydrogen) atoms. The summed E-state index contributed by atoms with van der Waals surface area (Å²) in [7, 11) is 1.49. The maximum Gasteiger partial charge on any atom is 0.266 e. The number of nitrogens with one attached hydrogen (secondary N) is 1. The lowest BCUT2D eigenvalue weighted by molar-refractivity contribution is -0.122. The first-order chi connectivity index (χ1) is 15.8. The maximum atomic E-state index is 13.0. The molecule has 0 bridgehead atoms. The van der Waals surface area contributed by atoms with Gasteiger partial charge < -0.3 is 14.8 Å². The van der Waals surface area contributed by atoms with Crippen molar-refractivity contribution in [3.63, 3.8) is 0 Å². The Labute approximate surface area is 209 Å². The Kier molecular flexibility index (Phi) is 8.87. The maximum absolute atomic E-state index is 13.0. The number of nitrogens with zero attached hydrogens (tertiary/aromatic N) is 1. The molecule has 0 saturated carbocycles. The van der Waals surface area contributed by atoms with Crippen LogP contribution in [0.5, 0.6) is 11.5 Å².